The van der Waals surface area contributed by atoms with E-state index in [1.165, 1.54) is 6.07 Å². The lowest BCUT2D eigenvalue weighted by Crippen LogP contribution is -2.55. The number of aromatic carboxylic acids is 1. The van der Waals surface area contributed by atoms with Crippen LogP contribution in [-0.2, 0) is 4.74 Å². The van der Waals surface area contributed by atoms with Crippen molar-refractivity contribution >= 4 is 34.2 Å². The van der Waals surface area contributed by atoms with E-state index in [4.69, 9.17) is 9.73 Å². The molecule has 5 rings (SSSR count). The topological polar surface area (TPSA) is 127 Å². The van der Waals surface area contributed by atoms with Gasteiger partial charge in [0.25, 0.3) is 5.91 Å². The highest BCUT2D eigenvalue weighted by Gasteiger charge is 2.35. The van der Waals surface area contributed by atoms with Crippen LogP contribution in [0.1, 0.15) is 50.2 Å². The van der Waals surface area contributed by atoms with Crippen LogP contribution >= 0.6 is 0 Å². The molecule has 4 aromatic rings. The van der Waals surface area contributed by atoms with Gasteiger partial charge >= 0.3 is 5.97 Å². The molecule has 9 nitrogen and oxygen atoms in total. The quantitative estimate of drug-likeness (QED) is 0.230. The van der Waals surface area contributed by atoms with E-state index in [2.05, 4.69) is 15.2 Å². The zero-order chi connectivity index (χ0) is 29.1. The molecule has 0 unspecified atom stereocenters. The van der Waals surface area contributed by atoms with E-state index >= 15 is 0 Å². The van der Waals surface area contributed by atoms with E-state index in [1.54, 1.807) is 37.3 Å². The molecule has 0 radical (unpaired) electrons. The van der Waals surface area contributed by atoms with Gasteiger partial charge in [0.15, 0.2) is 5.88 Å². The fraction of sp³-hybridized carbons (Fsp3) is 0.281. The van der Waals surface area contributed by atoms with E-state index in [9.17, 15) is 19.8 Å². The molecule has 9 heteroatoms. The number of nitrogens with zero attached hydrogens (tertiary/aromatic N) is 2. The second-order valence-corrected chi connectivity index (χ2v) is 10.7. The molecule has 0 saturated carbocycles. The molecule has 3 aromatic carbocycles. The lowest BCUT2D eigenvalue weighted by molar-refractivity contribution is -0.00658. The third-order valence-corrected chi connectivity index (χ3v) is 7.96. The minimum absolute atomic E-state index is 0.108. The summed E-state index contributed by atoms with van der Waals surface area (Å²) in [6, 6.07) is 19.7. The summed E-state index contributed by atoms with van der Waals surface area (Å²) in [6.07, 6.45) is 1.71. The second kappa shape index (κ2) is 11.6. The van der Waals surface area contributed by atoms with Gasteiger partial charge in [-0.25, -0.2) is 9.79 Å². The molecule has 0 aliphatic carbocycles. The molecule has 4 N–H and O–H groups in total. The third kappa shape index (κ3) is 5.73. The van der Waals surface area contributed by atoms with E-state index < -0.39 is 5.97 Å². The van der Waals surface area contributed by atoms with Crippen LogP contribution in [0.15, 0.2) is 71.7 Å². The molecule has 1 fully saturated rings. The molecule has 2 heterocycles. The van der Waals surface area contributed by atoms with Gasteiger partial charge in [0, 0.05) is 47.3 Å². The number of carbonyl (C=O) groups is 2. The molecule has 1 aliphatic heterocycles. The first-order valence-electron chi connectivity index (χ1n) is 13.5. The van der Waals surface area contributed by atoms with Crippen LogP contribution in [0.5, 0.6) is 5.88 Å². The third-order valence-electron chi connectivity index (χ3n) is 7.96. The average Bonchev–Trinajstić information content (AvgIpc) is 3.29. The molecule has 1 saturated heterocycles. The standard InChI is InChI=1S/C32H34N4O5/c1-20-17-25-26(18-24(20)31(39)40)35-30(38)27(25)28(21-7-5-4-6-8-21)34-23-11-9-22(10-12-23)29(37)33-19-32(36(2)3)13-15-41-16-14-32/h4-12,17-18,35,38H,13-16,19H2,1-3H3,(H,33,37)(H,39,40). The summed E-state index contributed by atoms with van der Waals surface area (Å²) in [5.74, 6) is -1.30. The summed E-state index contributed by atoms with van der Waals surface area (Å²) in [7, 11) is 4.07. The summed E-state index contributed by atoms with van der Waals surface area (Å²) >= 11 is 0. The molecule has 1 aliphatic rings. The van der Waals surface area contributed by atoms with E-state index in [-0.39, 0.29) is 22.9 Å². The first-order valence-corrected chi connectivity index (χ1v) is 13.5. The number of carbonyl (C=O) groups excluding carboxylic acids is 1. The highest BCUT2D eigenvalue weighted by Crippen LogP contribution is 2.33. The summed E-state index contributed by atoms with van der Waals surface area (Å²) in [5, 5.41) is 24.3. The van der Waals surface area contributed by atoms with Crippen molar-refractivity contribution in [2.75, 3.05) is 33.9 Å². The predicted octanol–water partition coefficient (Wildman–Crippen LogP) is 4.89. The molecule has 0 bridgehead atoms. The lowest BCUT2D eigenvalue weighted by Gasteiger charge is -2.42. The number of benzene rings is 3. The number of hydrogen-bond acceptors (Lipinski definition) is 6. The zero-order valence-electron chi connectivity index (χ0n) is 23.4. The number of aromatic hydroxyl groups is 1. The van der Waals surface area contributed by atoms with Crippen molar-refractivity contribution in [3.05, 3.63) is 94.5 Å². The maximum absolute atomic E-state index is 13.0. The Morgan fingerprint density at radius 2 is 1.71 bits per heavy atom. The van der Waals surface area contributed by atoms with E-state index in [0.717, 1.165) is 18.4 Å². The summed E-state index contributed by atoms with van der Waals surface area (Å²) in [5.41, 5.74) is 3.98. The molecule has 212 valence electrons. The fourth-order valence-electron chi connectivity index (χ4n) is 5.36. The van der Waals surface area contributed by atoms with Crippen LogP contribution in [0.3, 0.4) is 0 Å². The Labute approximate surface area is 238 Å². The maximum Gasteiger partial charge on any atom is 0.336 e. The van der Waals surface area contributed by atoms with E-state index in [0.29, 0.717) is 58.8 Å². The number of aryl methyl sites for hydroxylation is 1. The number of aliphatic imine (C=N–C) groups is 1. The minimum atomic E-state index is -1.04. The smallest absolute Gasteiger partial charge is 0.336 e. The van der Waals surface area contributed by atoms with Gasteiger partial charge in [-0.2, -0.15) is 0 Å². The van der Waals surface area contributed by atoms with Gasteiger partial charge in [-0.05, 0) is 75.8 Å². The average molecular weight is 555 g/mol. The highest BCUT2D eigenvalue weighted by molar-refractivity contribution is 6.22. The van der Waals surface area contributed by atoms with Crippen LogP contribution in [0.4, 0.5) is 5.69 Å². The Hall–Kier alpha value is -4.47. The fourth-order valence-corrected chi connectivity index (χ4v) is 5.36. The van der Waals surface area contributed by atoms with Gasteiger partial charge in [0.2, 0.25) is 0 Å². The lowest BCUT2D eigenvalue weighted by atomic mass is 9.88. The number of fused-ring (bicyclic) bond motifs is 1. The van der Waals surface area contributed by atoms with Crippen molar-refractivity contribution in [1.82, 2.24) is 15.2 Å². The van der Waals surface area contributed by atoms with Gasteiger partial charge in [-0.15, -0.1) is 0 Å². The normalized spacial score (nSPS) is 15.3. The number of hydrogen-bond donors (Lipinski definition) is 4. The second-order valence-electron chi connectivity index (χ2n) is 10.7. The number of ether oxygens (including phenoxy) is 1. The largest absolute Gasteiger partial charge is 0.494 e. The number of aromatic nitrogens is 1. The Morgan fingerprint density at radius 1 is 1.02 bits per heavy atom. The molecule has 0 spiro atoms. The Bertz CT molecular complexity index is 1600. The maximum atomic E-state index is 13.0. The number of nitrogens with one attached hydrogen (secondary N) is 2. The molecule has 1 amide bonds. The highest BCUT2D eigenvalue weighted by atomic mass is 16.5. The molecule has 1 aromatic heterocycles. The number of rotatable bonds is 8. The number of H-pyrrole nitrogens is 1. The van der Waals surface area contributed by atoms with Crippen molar-refractivity contribution in [3.8, 4) is 5.88 Å². The molecule has 0 atom stereocenters. The number of carboxylic acids is 1. The van der Waals surface area contributed by atoms with E-state index in [1.807, 2.05) is 44.4 Å². The van der Waals surface area contributed by atoms with Crippen molar-refractivity contribution in [2.24, 2.45) is 4.99 Å². The zero-order valence-corrected chi connectivity index (χ0v) is 23.4. The summed E-state index contributed by atoms with van der Waals surface area (Å²) in [6.45, 7) is 3.61. The van der Waals surface area contributed by atoms with Crippen LogP contribution in [0, 0.1) is 6.92 Å². The number of aromatic amines is 1. The number of likely N-dealkylation sites (N-methyl/N-ethyl adjacent to an activating group) is 1. The SMILES string of the molecule is Cc1cc2c(C(=Nc3ccc(C(=O)NCC4(N(C)C)CCOCC4)cc3)c3ccccc3)c(O)[nH]c2cc1C(=O)O. The van der Waals surface area contributed by atoms with Gasteiger partial charge in [-0.1, -0.05) is 30.3 Å². The van der Waals surface area contributed by atoms with Gasteiger partial charge in [0.05, 0.1) is 22.5 Å². The van der Waals surface area contributed by atoms with Crippen LogP contribution < -0.4 is 5.32 Å². The minimum Gasteiger partial charge on any atom is -0.494 e. The summed E-state index contributed by atoms with van der Waals surface area (Å²) < 4.78 is 5.53. The summed E-state index contributed by atoms with van der Waals surface area (Å²) in [4.78, 5) is 34.6. The Balaban J connectivity index is 1.46. The Morgan fingerprint density at radius 3 is 2.34 bits per heavy atom. The monoisotopic (exact) mass is 554 g/mol. The van der Waals surface area contributed by atoms with Gasteiger partial charge in [-0.3, -0.25) is 4.79 Å². The molecular formula is C32H34N4O5. The predicted molar refractivity (Wildman–Crippen MR) is 159 cm³/mol. The van der Waals surface area contributed by atoms with Crippen molar-refractivity contribution in [2.45, 2.75) is 25.3 Å². The Kier molecular flexibility index (Phi) is 7.92. The van der Waals surface area contributed by atoms with Crippen LogP contribution in [0.25, 0.3) is 10.9 Å². The van der Waals surface area contributed by atoms with Crippen LogP contribution in [0.2, 0.25) is 0 Å². The first-order chi connectivity index (χ1) is 19.7. The van der Waals surface area contributed by atoms with Gasteiger partial charge in [0.1, 0.15) is 0 Å². The van der Waals surface area contributed by atoms with Gasteiger partial charge < -0.3 is 30.2 Å². The molecular weight excluding hydrogens is 520 g/mol. The number of carboxylic acid groups (broad SMARTS) is 1. The van der Waals surface area contributed by atoms with Crippen molar-refractivity contribution < 1.29 is 24.5 Å². The van der Waals surface area contributed by atoms with Crippen molar-refractivity contribution in [1.29, 1.82) is 0 Å². The number of amides is 1. The molecule has 41 heavy (non-hydrogen) atoms. The van der Waals surface area contributed by atoms with Crippen LogP contribution in [-0.4, -0.2) is 77.1 Å². The first kappa shape index (κ1) is 28.1. The van der Waals surface area contributed by atoms with Crippen molar-refractivity contribution in [3.63, 3.8) is 0 Å².